The summed E-state index contributed by atoms with van der Waals surface area (Å²) in [4.78, 5) is 11.3. The van der Waals surface area contributed by atoms with E-state index in [4.69, 9.17) is 16.3 Å². The number of halogens is 1. The van der Waals surface area contributed by atoms with E-state index in [1.165, 1.54) is 0 Å². The summed E-state index contributed by atoms with van der Waals surface area (Å²) in [6.45, 7) is 6.41. The lowest BCUT2D eigenvalue weighted by Crippen LogP contribution is -2.26. The SMILES string of the molecule is C=C(C)CNC(=O)CCOc1cccc(Cl)c1. The van der Waals surface area contributed by atoms with Gasteiger partial charge in [-0.05, 0) is 25.1 Å². The van der Waals surface area contributed by atoms with E-state index in [0.29, 0.717) is 30.3 Å². The van der Waals surface area contributed by atoms with Crippen molar-refractivity contribution in [3.63, 3.8) is 0 Å². The molecule has 0 fully saturated rings. The van der Waals surface area contributed by atoms with Crippen LogP contribution < -0.4 is 10.1 Å². The van der Waals surface area contributed by atoms with Gasteiger partial charge in [-0.1, -0.05) is 29.8 Å². The maximum Gasteiger partial charge on any atom is 0.223 e. The molecule has 1 rings (SSSR count). The first kappa shape index (κ1) is 13.6. The van der Waals surface area contributed by atoms with Gasteiger partial charge in [0.05, 0.1) is 13.0 Å². The summed E-state index contributed by atoms with van der Waals surface area (Å²) in [6.07, 6.45) is 0.319. The first-order valence-corrected chi connectivity index (χ1v) is 5.75. The van der Waals surface area contributed by atoms with Crippen LogP contribution in [0.25, 0.3) is 0 Å². The van der Waals surface area contributed by atoms with Crippen molar-refractivity contribution >= 4 is 17.5 Å². The zero-order chi connectivity index (χ0) is 12.7. The predicted molar refractivity (Wildman–Crippen MR) is 69.4 cm³/mol. The van der Waals surface area contributed by atoms with Crippen molar-refractivity contribution in [3.8, 4) is 5.75 Å². The fourth-order valence-electron chi connectivity index (χ4n) is 1.16. The third-order valence-corrected chi connectivity index (χ3v) is 2.22. The molecule has 0 radical (unpaired) electrons. The molecular formula is C13H16ClNO2. The van der Waals surface area contributed by atoms with Crippen LogP contribution in [0.5, 0.6) is 5.75 Å². The molecule has 0 aromatic heterocycles. The van der Waals surface area contributed by atoms with Crippen molar-refractivity contribution in [2.75, 3.05) is 13.2 Å². The summed E-state index contributed by atoms with van der Waals surface area (Å²) >= 11 is 5.80. The molecule has 1 amide bonds. The zero-order valence-corrected chi connectivity index (χ0v) is 10.6. The van der Waals surface area contributed by atoms with Gasteiger partial charge in [0, 0.05) is 11.6 Å². The monoisotopic (exact) mass is 253 g/mol. The van der Waals surface area contributed by atoms with E-state index >= 15 is 0 Å². The molecule has 4 heteroatoms. The Kier molecular flexibility index (Phi) is 5.57. The maximum absolute atomic E-state index is 11.3. The van der Waals surface area contributed by atoms with Gasteiger partial charge in [-0.2, -0.15) is 0 Å². The topological polar surface area (TPSA) is 38.3 Å². The standard InChI is InChI=1S/C13H16ClNO2/c1-10(2)9-15-13(16)6-7-17-12-5-3-4-11(14)8-12/h3-5,8H,1,6-7,9H2,2H3,(H,15,16). The van der Waals surface area contributed by atoms with E-state index in [-0.39, 0.29) is 5.91 Å². The minimum atomic E-state index is -0.0463. The van der Waals surface area contributed by atoms with Gasteiger partial charge >= 0.3 is 0 Å². The van der Waals surface area contributed by atoms with Crippen LogP contribution >= 0.6 is 11.6 Å². The lowest BCUT2D eigenvalue weighted by molar-refractivity contribution is -0.121. The number of rotatable bonds is 6. The van der Waals surface area contributed by atoms with Crippen molar-refractivity contribution in [1.29, 1.82) is 0 Å². The minimum absolute atomic E-state index is 0.0463. The van der Waals surface area contributed by atoms with Crippen LogP contribution in [0.2, 0.25) is 5.02 Å². The van der Waals surface area contributed by atoms with Crippen molar-refractivity contribution in [3.05, 3.63) is 41.4 Å². The van der Waals surface area contributed by atoms with Gasteiger partial charge in [-0.3, -0.25) is 4.79 Å². The van der Waals surface area contributed by atoms with Crippen molar-refractivity contribution in [2.45, 2.75) is 13.3 Å². The molecule has 17 heavy (non-hydrogen) atoms. The third kappa shape index (κ3) is 5.97. The highest BCUT2D eigenvalue weighted by atomic mass is 35.5. The summed E-state index contributed by atoms with van der Waals surface area (Å²) < 4.78 is 5.40. The quantitative estimate of drug-likeness (QED) is 0.792. The number of amides is 1. The molecule has 0 heterocycles. The highest BCUT2D eigenvalue weighted by molar-refractivity contribution is 6.30. The van der Waals surface area contributed by atoms with Crippen LogP contribution in [0, 0.1) is 0 Å². The Bertz CT molecular complexity index is 404. The van der Waals surface area contributed by atoms with Crippen LogP contribution in [0.1, 0.15) is 13.3 Å². The molecule has 0 spiro atoms. The van der Waals surface area contributed by atoms with E-state index in [1.54, 1.807) is 24.3 Å². The smallest absolute Gasteiger partial charge is 0.223 e. The van der Waals surface area contributed by atoms with Gasteiger partial charge in [-0.15, -0.1) is 0 Å². The molecule has 0 aliphatic carbocycles. The Morgan fingerprint density at radius 2 is 2.29 bits per heavy atom. The first-order valence-electron chi connectivity index (χ1n) is 5.37. The van der Waals surface area contributed by atoms with Crippen molar-refractivity contribution in [2.24, 2.45) is 0 Å². The fraction of sp³-hybridized carbons (Fsp3) is 0.308. The van der Waals surface area contributed by atoms with E-state index in [9.17, 15) is 4.79 Å². The van der Waals surface area contributed by atoms with Gasteiger partial charge in [0.2, 0.25) is 5.91 Å². The lowest BCUT2D eigenvalue weighted by Gasteiger charge is -2.07. The molecule has 1 N–H and O–H groups in total. The van der Waals surface area contributed by atoms with E-state index in [2.05, 4.69) is 11.9 Å². The average molecular weight is 254 g/mol. The van der Waals surface area contributed by atoms with Crippen LogP contribution in [-0.2, 0) is 4.79 Å². The Hall–Kier alpha value is -1.48. The van der Waals surface area contributed by atoms with Crippen molar-refractivity contribution < 1.29 is 9.53 Å². The molecule has 0 saturated heterocycles. The van der Waals surface area contributed by atoms with Gasteiger partial charge in [-0.25, -0.2) is 0 Å². The molecule has 3 nitrogen and oxygen atoms in total. The van der Waals surface area contributed by atoms with E-state index < -0.39 is 0 Å². The molecule has 0 aliphatic rings. The van der Waals surface area contributed by atoms with Crippen LogP contribution in [0.4, 0.5) is 0 Å². The third-order valence-electron chi connectivity index (χ3n) is 1.98. The molecule has 92 valence electrons. The molecule has 0 atom stereocenters. The van der Waals surface area contributed by atoms with E-state index in [1.807, 2.05) is 6.92 Å². The Morgan fingerprint density at radius 3 is 2.94 bits per heavy atom. The minimum Gasteiger partial charge on any atom is -0.493 e. The molecule has 0 unspecified atom stereocenters. The number of nitrogens with one attached hydrogen (secondary N) is 1. The maximum atomic E-state index is 11.3. The second kappa shape index (κ2) is 6.97. The number of benzene rings is 1. The predicted octanol–water partition coefficient (Wildman–Crippen LogP) is 2.80. The second-order valence-corrected chi connectivity index (χ2v) is 4.23. The summed E-state index contributed by atoms with van der Waals surface area (Å²) in [6, 6.07) is 7.10. The summed E-state index contributed by atoms with van der Waals surface area (Å²) in [7, 11) is 0. The number of hydrogen-bond donors (Lipinski definition) is 1. The number of carbonyl (C=O) groups excluding carboxylic acids is 1. The summed E-state index contributed by atoms with van der Waals surface area (Å²) in [5.74, 6) is 0.625. The van der Waals surface area contributed by atoms with Gasteiger partial charge < -0.3 is 10.1 Å². The number of ether oxygens (including phenoxy) is 1. The Labute approximate surface area is 106 Å². The molecule has 0 bridgehead atoms. The molecule has 1 aromatic rings. The fourth-order valence-corrected chi connectivity index (χ4v) is 1.34. The van der Waals surface area contributed by atoms with Crippen LogP contribution in [-0.4, -0.2) is 19.1 Å². The summed E-state index contributed by atoms with van der Waals surface area (Å²) in [5, 5.41) is 3.35. The van der Waals surface area contributed by atoms with Gasteiger partial charge in [0.1, 0.15) is 5.75 Å². The molecule has 0 aliphatic heterocycles. The van der Waals surface area contributed by atoms with Gasteiger partial charge in [0.15, 0.2) is 0 Å². The largest absolute Gasteiger partial charge is 0.493 e. The Morgan fingerprint density at radius 1 is 1.53 bits per heavy atom. The van der Waals surface area contributed by atoms with Crippen LogP contribution in [0.15, 0.2) is 36.4 Å². The van der Waals surface area contributed by atoms with E-state index in [0.717, 1.165) is 5.57 Å². The Balaban J connectivity index is 2.23. The molecule has 0 saturated carbocycles. The molecular weight excluding hydrogens is 238 g/mol. The normalized spacial score (nSPS) is 9.76. The highest BCUT2D eigenvalue weighted by Gasteiger charge is 2.01. The lowest BCUT2D eigenvalue weighted by atomic mass is 10.3. The first-order chi connectivity index (χ1) is 8.08. The highest BCUT2D eigenvalue weighted by Crippen LogP contribution is 2.16. The van der Waals surface area contributed by atoms with Gasteiger partial charge in [0.25, 0.3) is 0 Å². The van der Waals surface area contributed by atoms with Crippen LogP contribution in [0.3, 0.4) is 0 Å². The average Bonchev–Trinajstić information content (AvgIpc) is 2.26. The summed E-state index contributed by atoms with van der Waals surface area (Å²) in [5.41, 5.74) is 0.925. The number of carbonyl (C=O) groups is 1. The zero-order valence-electron chi connectivity index (χ0n) is 9.83. The van der Waals surface area contributed by atoms with Crippen molar-refractivity contribution in [1.82, 2.24) is 5.32 Å². The second-order valence-electron chi connectivity index (χ2n) is 3.79. The molecule has 1 aromatic carbocycles. The number of hydrogen-bond acceptors (Lipinski definition) is 2.